The molecule has 150 valence electrons. The van der Waals surface area contributed by atoms with Gasteiger partial charge in [-0.05, 0) is 48.4 Å². The predicted molar refractivity (Wildman–Crippen MR) is 114 cm³/mol. The number of nitrogen functional groups attached to an aromatic ring is 1. The van der Waals surface area contributed by atoms with Crippen LogP contribution in [0.15, 0.2) is 24.3 Å². The maximum Gasteiger partial charge on any atom is 0.224 e. The highest BCUT2D eigenvalue weighted by atomic mass is 19.1. The maximum absolute atomic E-state index is 15.1. The molecule has 1 amide bonds. The average Bonchev–Trinajstić information content (AvgIpc) is 2.60. The van der Waals surface area contributed by atoms with Crippen LogP contribution < -0.4 is 16.0 Å². The molecule has 0 radical (unpaired) electrons. The normalized spacial score (nSPS) is 14.0. The second-order valence-electron chi connectivity index (χ2n) is 9.04. The zero-order valence-electron chi connectivity index (χ0n) is 17.4. The van der Waals surface area contributed by atoms with Crippen molar-refractivity contribution in [1.82, 2.24) is 0 Å². The Morgan fingerprint density at radius 2 is 1.93 bits per heavy atom. The Kier molecular flexibility index (Phi) is 5.37. The fraction of sp³-hybridized carbons (Fsp3) is 0.435. The number of nitrogens with one attached hydrogen (secondary N) is 1. The Balaban J connectivity index is 1.86. The molecule has 1 heterocycles. The average molecular weight is 384 g/mol. The SMILES string of the molecule is Cc1ccc2c(c1)CCN(c1cc(C)c(NC(=O)CC(C)(C)C)c(N)c1F)C2. The summed E-state index contributed by atoms with van der Waals surface area (Å²) in [6, 6.07) is 8.20. The van der Waals surface area contributed by atoms with Gasteiger partial charge in [0.15, 0.2) is 5.82 Å². The summed E-state index contributed by atoms with van der Waals surface area (Å²) >= 11 is 0. The van der Waals surface area contributed by atoms with Gasteiger partial charge in [0.25, 0.3) is 0 Å². The van der Waals surface area contributed by atoms with Crippen molar-refractivity contribution >= 4 is 23.0 Å². The van der Waals surface area contributed by atoms with Crippen LogP contribution in [0.25, 0.3) is 0 Å². The fourth-order valence-electron chi connectivity index (χ4n) is 3.75. The molecule has 2 aromatic rings. The van der Waals surface area contributed by atoms with E-state index in [2.05, 4.69) is 30.4 Å². The van der Waals surface area contributed by atoms with Crippen LogP contribution in [0.1, 0.15) is 49.4 Å². The first-order valence-corrected chi connectivity index (χ1v) is 9.77. The van der Waals surface area contributed by atoms with Crippen LogP contribution in [0.3, 0.4) is 0 Å². The Morgan fingerprint density at radius 1 is 1.21 bits per heavy atom. The molecule has 1 aliphatic heterocycles. The molecule has 28 heavy (non-hydrogen) atoms. The number of anilines is 3. The van der Waals surface area contributed by atoms with Gasteiger partial charge in [0.05, 0.1) is 17.1 Å². The van der Waals surface area contributed by atoms with Gasteiger partial charge in [-0.2, -0.15) is 0 Å². The lowest BCUT2D eigenvalue weighted by Gasteiger charge is -2.32. The smallest absolute Gasteiger partial charge is 0.224 e. The molecule has 3 rings (SSSR count). The number of rotatable bonds is 3. The minimum Gasteiger partial charge on any atom is -0.395 e. The predicted octanol–water partition coefficient (Wildman–Crippen LogP) is 4.96. The molecule has 0 aromatic heterocycles. The molecule has 0 saturated heterocycles. The highest BCUT2D eigenvalue weighted by Crippen LogP contribution is 2.36. The number of nitrogens with zero attached hydrogens (tertiary/aromatic N) is 1. The van der Waals surface area contributed by atoms with E-state index >= 15 is 4.39 Å². The summed E-state index contributed by atoms with van der Waals surface area (Å²) in [6.45, 7) is 11.3. The van der Waals surface area contributed by atoms with E-state index in [-0.39, 0.29) is 17.0 Å². The number of hydrogen-bond acceptors (Lipinski definition) is 3. The van der Waals surface area contributed by atoms with Crippen LogP contribution >= 0.6 is 0 Å². The van der Waals surface area contributed by atoms with Gasteiger partial charge in [0.2, 0.25) is 5.91 Å². The van der Waals surface area contributed by atoms with Crippen LogP contribution in [0.5, 0.6) is 0 Å². The zero-order chi connectivity index (χ0) is 20.6. The zero-order valence-corrected chi connectivity index (χ0v) is 17.4. The van der Waals surface area contributed by atoms with Crippen molar-refractivity contribution in [3.63, 3.8) is 0 Å². The van der Waals surface area contributed by atoms with Crippen LogP contribution in [-0.4, -0.2) is 12.5 Å². The molecule has 4 nitrogen and oxygen atoms in total. The van der Waals surface area contributed by atoms with Gasteiger partial charge in [-0.1, -0.05) is 44.5 Å². The second kappa shape index (κ2) is 7.46. The molecule has 5 heteroatoms. The van der Waals surface area contributed by atoms with Crippen LogP contribution in [0.4, 0.5) is 21.5 Å². The van der Waals surface area contributed by atoms with E-state index in [4.69, 9.17) is 5.73 Å². The molecule has 0 bridgehead atoms. The summed E-state index contributed by atoms with van der Waals surface area (Å²) < 4.78 is 15.1. The number of aryl methyl sites for hydroxylation is 2. The van der Waals surface area contributed by atoms with Crippen molar-refractivity contribution in [1.29, 1.82) is 0 Å². The summed E-state index contributed by atoms with van der Waals surface area (Å²) in [6.07, 6.45) is 1.22. The molecule has 0 aliphatic carbocycles. The van der Waals surface area contributed by atoms with Gasteiger partial charge >= 0.3 is 0 Å². The number of carbonyl (C=O) groups excluding carboxylic acids is 1. The van der Waals surface area contributed by atoms with E-state index in [1.165, 1.54) is 16.7 Å². The first kappa shape index (κ1) is 20.2. The van der Waals surface area contributed by atoms with Gasteiger partial charge < -0.3 is 16.0 Å². The number of hydrogen-bond donors (Lipinski definition) is 2. The Hall–Kier alpha value is -2.56. The standard InChI is InChI=1S/C23H30FN3O/c1-14-6-7-17-13-27(9-8-16(17)10-14)18-11-15(2)22(21(25)20(18)24)26-19(28)12-23(3,4)5/h6-7,10-11H,8-9,12-13,25H2,1-5H3,(H,26,28). The third kappa shape index (κ3) is 4.29. The quantitative estimate of drug-likeness (QED) is 0.737. The number of benzene rings is 2. The molecule has 3 N–H and O–H groups in total. The fourth-order valence-corrected chi connectivity index (χ4v) is 3.75. The largest absolute Gasteiger partial charge is 0.395 e. The molecular weight excluding hydrogens is 353 g/mol. The number of fused-ring (bicyclic) bond motifs is 1. The van der Waals surface area contributed by atoms with E-state index in [0.717, 1.165) is 18.5 Å². The topological polar surface area (TPSA) is 58.4 Å². The summed E-state index contributed by atoms with van der Waals surface area (Å²) in [5.41, 5.74) is 11.4. The van der Waals surface area contributed by atoms with E-state index < -0.39 is 5.82 Å². The molecule has 0 fully saturated rings. The van der Waals surface area contributed by atoms with Gasteiger partial charge in [0.1, 0.15) is 0 Å². The van der Waals surface area contributed by atoms with E-state index in [1.54, 1.807) is 6.07 Å². The summed E-state index contributed by atoms with van der Waals surface area (Å²) in [7, 11) is 0. The number of amides is 1. The number of carbonyl (C=O) groups is 1. The molecule has 0 unspecified atom stereocenters. The Bertz CT molecular complexity index is 915. The Morgan fingerprint density at radius 3 is 2.61 bits per heavy atom. The highest BCUT2D eigenvalue weighted by Gasteiger charge is 2.24. The molecule has 0 spiro atoms. The Labute approximate surface area is 166 Å². The number of nitrogens with two attached hydrogens (primary N) is 1. The highest BCUT2D eigenvalue weighted by molar-refractivity contribution is 5.96. The van der Waals surface area contributed by atoms with Gasteiger partial charge in [-0.15, -0.1) is 0 Å². The first-order chi connectivity index (χ1) is 13.0. The van der Waals surface area contributed by atoms with Crippen molar-refractivity contribution < 1.29 is 9.18 Å². The van der Waals surface area contributed by atoms with Gasteiger partial charge in [-0.3, -0.25) is 4.79 Å². The van der Waals surface area contributed by atoms with Crippen LogP contribution in [0, 0.1) is 25.1 Å². The lowest BCUT2D eigenvalue weighted by atomic mass is 9.92. The van der Waals surface area contributed by atoms with Crippen LogP contribution in [-0.2, 0) is 17.8 Å². The molecule has 0 saturated carbocycles. The monoisotopic (exact) mass is 383 g/mol. The van der Waals surface area contributed by atoms with E-state index in [0.29, 0.717) is 24.3 Å². The lowest BCUT2D eigenvalue weighted by molar-refractivity contribution is -0.117. The summed E-state index contributed by atoms with van der Waals surface area (Å²) in [5.74, 6) is -0.621. The summed E-state index contributed by atoms with van der Waals surface area (Å²) in [4.78, 5) is 14.3. The molecular formula is C23H30FN3O. The van der Waals surface area contributed by atoms with Crippen molar-refractivity contribution in [2.75, 3.05) is 22.5 Å². The van der Waals surface area contributed by atoms with Crippen molar-refractivity contribution in [3.8, 4) is 0 Å². The van der Waals surface area contributed by atoms with Crippen LogP contribution in [0.2, 0.25) is 0 Å². The molecule has 2 aromatic carbocycles. The van der Waals surface area contributed by atoms with Gasteiger partial charge in [0, 0.05) is 19.5 Å². The minimum atomic E-state index is -0.466. The second-order valence-corrected chi connectivity index (χ2v) is 9.04. The minimum absolute atomic E-state index is 0.00645. The molecule has 0 atom stereocenters. The first-order valence-electron chi connectivity index (χ1n) is 9.77. The van der Waals surface area contributed by atoms with E-state index in [9.17, 15) is 4.79 Å². The third-order valence-corrected chi connectivity index (χ3v) is 5.15. The lowest BCUT2D eigenvalue weighted by Crippen LogP contribution is -2.31. The van der Waals surface area contributed by atoms with Gasteiger partial charge in [-0.25, -0.2) is 4.39 Å². The van der Waals surface area contributed by atoms with Crippen molar-refractivity contribution in [2.45, 2.75) is 54.0 Å². The van der Waals surface area contributed by atoms with Crippen molar-refractivity contribution in [2.24, 2.45) is 5.41 Å². The summed E-state index contributed by atoms with van der Waals surface area (Å²) in [5, 5.41) is 2.81. The van der Waals surface area contributed by atoms with E-state index in [1.807, 2.05) is 32.6 Å². The number of halogens is 1. The molecule has 1 aliphatic rings. The maximum atomic E-state index is 15.1. The van der Waals surface area contributed by atoms with Crippen molar-refractivity contribution in [3.05, 3.63) is 52.3 Å². The third-order valence-electron chi connectivity index (χ3n) is 5.15.